The minimum atomic E-state index is -0.960. The summed E-state index contributed by atoms with van der Waals surface area (Å²) in [4.78, 5) is 22.9. The second kappa shape index (κ2) is 6.23. The molecule has 0 atom stereocenters. The largest absolute Gasteiger partial charge is 0.481 e. The number of hydrogen-bond acceptors (Lipinski definition) is 5. The van der Waals surface area contributed by atoms with E-state index in [1.807, 2.05) is 13.0 Å². The summed E-state index contributed by atoms with van der Waals surface area (Å²) < 4.78 is 6.19. The van der Waals surface area contributed by atoms with Crippen LogP contribution in [0.1, 0.15) is 27.2 Å². The van der Waals surface area contributed by atoms with Gasteiger partial charge >= 0.3 is 11.9 Å². The number of anilines is 1. The summed E-state index contributed by atoms with van der Waals surface area (Å²) in [5.41, 5.74) is 8.01. The quantitative estimate of drug-likeness (QED) is 0.828. The van der Waals surface area contributed by atoms with E-state index < -0.39 is 11.9 Å². The number of rotatable bonds is 4. The van der Waals surface area contributed by atoms with Gasteiger partial charge in [0.1, 0.15) is 6.07 Å². The molecule has 0 aliphatic heterocycles. The molecule has 0 aliphatic carbocycles. The summed E-state index contributed by atoms with van der Waals surface area (Å²) in [6.45, 7) is 1.81. The highest BCUT2D eigenvalue weighted by atomic mass is 16.5. The van der Waals surface area contributed by atoms with Crippen LogP contribution < -0.4 is 5.73 Å². The van der Waals surface area contributed by atoms with E-state index in [4.69, 9.17) is 20.8 Å². The van der Waals surface area contributed by atoms with Crippen LogP contribution in [0.5, 0.6) is 0 Å². The number of aliphatic carboxylic acids is 1. The van der Waals surface area contributed by atoms with Crippen LogP contribution >= 0.6 is 0 Å². The van der Waals surface area contributed by atoms with Gasteiger partial charge in [0.15, 0.2) is 5.69 Å². The lowest BCUT2D eigenvalue weighted by molar-refractivity contribution is -0.136. The number of benzene rings is 1. The highest BCUT2D eigenvalue weighted by Gasteiger charge is 2.22. The van der Waals surface area contributed by atoms with E-state index in [9.17, 15) is 9.59 Å². The SMILES string of the molecule is COC(=O)c1c(N)c(C#N)cn1-c1cc(CC(=O)O)ccc1C. The van der Waals surface area contributed by atoms with E-state index in [0.717, 1.165) is 5.56 Å². The number of carboxylic acids is 1. The zero-order chi connectivity index (χ0) is 17.1. The number of ether oxygens (including phenoxy) is 1. The fourth-order valence-corrected chi connectivity index (χ4v) is 2.30. The minimum Gasteiger partial charge on any atom is -0.481 e. The van der Waals surface area contributed by atoms with Crippen LogP contribution in [0.3, 0.4) is 0 Å². The van der Waals surface area contributed by atoms with Gasteiger partial charge in [-0.05, 0) is 24.1 Å². The Balaban J connectivity index is 2.69. The van der Waals surface area contributed by atoms with Crippen molar-refractivity contribution in [3.8, 4) is 11.8 Å². The third kappa shape index (κ3) is 3.01. The fraction of sp³-hybridized carbons (Fsp3) is 0.188. The molecule has 0 bridgehead atoms. The first-order valence-electron chi connectivity index (χ1n) is 6.70. The van der Waals surface area contributed by atoms with Gasteiger partial charge in [0, 0.05) is 11.9 Å². The van der Waals surface area contributed by atoms with Crippen molar-refractivity contribution in [2.45, 2.75) is 13.3 Å². The summed E-state index contributed by atoms with van der Waals surface area (Å²) in [6.07, 6.45) is 1.29. The molecule has 7 nitrogen and oxygen atoms in total. The first kappa shape index (κ1) is 16.1. The number of aryl methyl sites for hydroxylation is 1. The molecule has 23 heavy (non-hydrogen) atoms. The molecule has 0 spiro atoms. The summed E-state index contributed by atoms with van der Waals surface area (Å²) in [5, 5.41) is 18.0. The Morgan fingerprint density at radius 1 is 1.43 bits per heavy atom. The molecule has 0 radical (unpaired) electrons. The Bertz CT molecular complexity index is 831. The second-order valence-corrected chi connectivity index (χ2v) is 4.97. The second-order valence-electron chi connectivity index (χ2n) is 4.97. The molecule has 3 N–H and O–H groups in total. The Morgan fingerprint density at radius 3 is 2.70 bits per heavy atom. The Labute approximate surface area is 132 Å². The van der Waals surface area contributed by atoms with Crippen LogP contribution in [0.2, 0.25) is 0 Å². The van der Waals surface area contributed by atoms with Crippen molar-refractivity contribution in [2.24, 2.45) is 0 Å². The van der Waals surface area contributed by atoms with E-state index in [0.29, 0.717) is 11.3 Å². The molecular formula is C16H15N3O4. The van der Waals surface area contributed by atoms with Gasteiger partial charge in [-0.15, -0.1) is 0 Å². The highest BCUT2D eigenvalue weighted by Crippen LogP contribution is 2.27. The lowest BCUT2D eigenvalue weighted by atomic mass is 10.1. The number of carboxylic acid groups (broad SMARTS) is 1. The zero-order valence-electron chi connectivity index (χ0n) is 12.7. The predicted molar refractivity (Wildman–Crippen MR) is 82.3 cm³/mol. The lowest BCUT2D eigenvalue weighted by Crippen LogP contribution is -2.12. The van der Waals surface area contributed by atoms with Crippen molar-refractivity contribution in [1.82, 2.24) is 4.57 Å². The monoisotopic (exact) mass is 313 g/mol. The van der Waals surface area contributed by atoms with Crippen LogP contribution in [-0.2, 0) is 16.0 Å². The first-order chi connectivity index (χ1) is 10.9. The Hall–Kier alpha value is -3.27. The van der Waals surface area contributed by atoms with Crippen molar-refractivity contribution in [1.29, 1.82) is 5.26 Å². The minimum absolute atomic E-state index is 0.0300. The number of aromatic nitrogens is 1. The molecule has 0 aliphatic rings. The summed E-state index contributed by atoms with van der Waals surface area (Å²) in [6, 6.07) is 7.02. The van der Waals surface area contributed by atoms with E-state index in [-0.39, 0.29) is 23.4 Å². The van der Waals surface area contributed by atoms with E-state index >= 15 is 0 Å². The average Bonchev–Trinajstić information content (AvgIpc) is 2.84. The predicted octanol–water partition coefficient (Wildman–Crippen LogP) is 1.65. The molecule has 0 fully saturated rings. The molecule has 2 rings (SSSR count). The number of nitrogens with zero attached hydrogens (tertiary/aromatic N) is 2. The maximum atomic E-state index is 12.0. The number of carbonyl (C=O) groups is 2. The van der Waals surface area contributed by atoms with Gasteiger partial charge in [-0.3, -0.25) is 4.79 Å². The maximum absolute atomic E-state index is 12.0. The van der Waals surface area contributed by atoms with Gasteiger partial charge in [0.25, 0.3) is 0 Å². The number of nitrogens with two attached hydrogens (primary N) is 1. The van der Waals surface area contributed by atoms with Gasteiger partial charge < -0.3 is 20.1 Å². The molecule has 2 aromatic rings. The summed E-state index contributed by atoms with van der Waals surface area (Å²) >= 11 is 0. The molecule has 0 saturated heterocycles. The van der Waals surface area contributed by atoms with E-state index in [1.165, 1.54) is 17.9 Å². The molecule has 118 valence electrons. The molecular weight excluding hydrogens is 298 g/mol. The third-order valence-electron chi connectivity index (χ3n) is 3.43. The van der Waals surface area contributed by atoms with Crippen molar-refractivity contribution >= 4 is 17.6 Å². The number of nitriles is 1. The average molecular weight is 313 g/mol. The van der Waals surface area contributed by atoms with Crippen LogP contribution in [0.4, 0.5) is 5.69 Å². The van der Waals surface area contributed by atoms with E-state index in [2.05, 4.69) is 0 Å². The lowest BCUT2D eigenvalue weighted by Gasteiger charge is -2.12. The third-order valence-corrected chi connectivity index (χ3v) is 3.43. The molecule has 1 heterocycles. The summed E-state index contributed by atoms with van der Waals surface area (Å²) in [7, 11) is 1.22. The number of carbonyl (C=O) groups excluding carboxylic acids is 1. The summed E-state index contributed by atoms with van der Waals surface area (Å²) in [5.74, 6) is -1.63. The van der Waals surface area contributed by atoms with Gasteiger partial charge in [-0.25, -0.2) is 4.79 Å². The highest BCUT2D eigenvalue weighted by molar-refractivity contribution is 5.96. The van der Waals surface area contributed by atoms with Gasteiger partial charge in [-0.2, -0.15) is 5.26 Å². The van der Waals surface area contributed by atoms with Crippen molar-refractivity contribution in [3.05, 3.63) is 46.8 Å². The number of nitrogen functional groups attached to an aromatic ring is 1. The van der Waals surface area contributed by atoms with Gasteiger partial charge in [-0.1, -0.05) is 12.1 Å². The Morgan fingerprint density at radius 2 is 2.13 bits per heavy atom. The number of esters is 1. The molecule has 0 amide bonds. The topological polar surface area (TPSA) is 118 Å². The zero-order valence-corrected chi connectivity index (χ0v) is 12.7. The number of hydrogen-bond donors (Lipinski definition) is 2. The van der Waals surface area contributed by atoms with Crippen LogP contribution in [0, 0.1) is 18.3 Å². The van der Waals surface area contributed by atoms with Gasteiger partial charge in [0.05, 0.1) is 24.8 Å². The van der Waals surface area contributed by atoms with E-state index in [1.54, 1.807) is 18.2 Å². The van der Waals surface area contributed by atoms with Crippen LogP contribution in [0.25, 0.3) is 5.69 Å². The van der Waals surface area contributed by atoms with Crippen molar-refractivity contribution in [3.63, 3.8) is 0 Å². The van der Waals surface area contributed by atoms with Gasteiger partial charge in [0.2, 0.25) is 0 Å². The smallest absolute Gasteiger partial charge is 0.357 e. The van der Waals surface area contributed by atoms with Crippen LogP contribution in [-0.4, -0.2) is 28.7 Å². The maximum Gasteiger partial charge on any atom is 0.357 e. The standard InChI is InChI=1S/C16H15N3O4/c1-9-3-4-10(6-13(20)21)5-12(9)19-8-11(7-17)14(18)15(19)16(22)23-2/h3-5,8H,6,18H2,1-2H3,(H,20,21). The molecule has 1 aromatic carbocycles. The molecule has 7 heteroatoms. The molecule has 1 aromatic heterocycles. The first-order valence-corrected chi connectivity index (χ1v) is 6.70. The van der Waals surface area contributed by atoms with Crippen molar-refractivity contribution < 1.29 is 19.4 Å². The Kier molecular flexibility index (Phi) is 4.37. The molecule has 0 unspecified atom stereocenters. The van der Waals surface area contributed by atoms with Crippen molar-refractivity contribution in [2.75, 3.05) is 12.8 Å². The van der Waals surface area contributed by atoms with Crippen LogP contribution in [0.15, 0.2) is 24.4 Å². The normalized spacial score (nSPS) is 10.1. The molecule has 0 saturated carbocycles. The fourth-order valence-electron chi connectivity index (χ4n) is 2.30. The number of methoxy groups -OCH3 is 1.